The van der Waals surface area contributed by atoms with Crippen LogP contribution < -0.4 is 56.1 Å². The molecule has 2 aromatic rings. The summed E-state index contributed by atoms with van der Waals surface area (Å²) in [6.45, 7) is 0. The molecule has 136 valence electrons. The van der Waals surface area contributed by atoms with E-state index >= 15 is 0 Å². The van der Waals surface area contributed by atoms with Gasteiger partial charge in [0.15, 0.2) is 10.1 Å². The first kappa shape index (κ1) is 23.1. The van der Waals surface area contributed by atoms with Gasteiger partial charge in [-0.1, -0.05) is 12.1 Å². The van der Waals surface area contributed by atoms with Gasteiger partial charge in [-0.25, -0.2) is 8.42 Å². The van der Waals surface area contributed by atoms with E-state index in [0.29, 0.717) is 5.56 Å². The van der Waals surface area contributed by atoms with Gasteiger partial charge in [0.1, 0.15) is 17.2 Å². The van der Waals surface area contributed by atoms with Crippen molar-refractivity contribution >= 4 is 10.1 Å². The molecule has 0 saturated heterocycles. The first-order chi connectivity index (χ1) is 11.3. The third-order valence-electron chi connectivity index (χ3n) is 2.99. The first-order valence-corrected chi connectivity index (χ1v) is 7.78. The van der Waals surface area contributed by atoms with Crippen molar-refractivity contribution < 1.29 is 96.9 Å². The first-order valence-electron chi connectivity index (χ1n) is 6.37. The average Bonchev–Trinajstić information content (AvgIpc) is 2.45. The molecular formula is C14H9F4KO6S. The predicted molar refractivity (Wildman–Crippen MR) is 75.4 cm³/mol. The third-order valence-corrected chi connectivity index (χ3v) is 3.85. The molecule has 0 spiro atoms. The van der Waals surface area contributed by atoms with Crippen LogP contribution >= 0.6 is 0 Å². The van der Waals surface area contributed by atoms with E-state index in [-0.39, 0.29) is 68.4 Å². The minimum Gasteiger partial charge on any atom is -0.743 e. The number of ether oxygens (including phenoxy) is 1. The number of benzene rings is 2. The van der Waals surface area contributed by atoms with Crippen LogP contribution in [0.3, 0.4) is 0 Å². The van der Waals surface area contributed by atoms with Crippen molar-refractivity contribution in [1.82, 2.24) is 0 Å². The number of hydrogen-bond acceptors (Lipinski definition) is 6. The summed E-state index contributed by atoms with van der Waals surface area (Å²) in [6, 6.07) is 7.42. The number of rotatable bonds is 5. The van der Waals surface area contributed by atoms with Crippen molar-refractivity contribution in [2.75, 3.05) is 0 Å². The minimum atomic E-state index is -6.65. The molecule has 2 aromatic carbocycles. The van der Waals surface area contributed by atoms with E-state index < -0.39 is 27.2 Å². The Balaban J connectivity index is 0.00000338. The second-order valence-electron chi connectivity index (χ2n) is 4.85. The van der Waals surface area contributed by atoms with Crippen LogP contribution in [0.4, 0.5) is 17.6 Å². The van der Waals surface area contributed by atoms with Crippen molar-refractivity contribution in [1.29, 1.82) is 0 Å². The fraction of sp³-hybridized carbons (Fsp3) is 0.143. The number of halogens is 4. The fourth-order valence-corrected chi connectivity index (χ4v) is 2.16. The van der Waals surface area contributed by atoms with Crippen LogP contribution in [0, 0.1) is 0 Å². The van der Waals surface area contributed by atoms with Crippen LogP contribution in [0.15, 0.2) is 42.5 Å². The molecule has 0 aliphatic carbocycles. The second-order valence-corrected chi connectivity index (χ2v) is 6.27. The quantitative estimate of drug-likeness (QED) is 0.397. The number of hydrogen-bond donors (Lipinski definition) is 2. The van der Waals surface area contributed by atoms with Gasteiger partial charge in [0.2, 0.25) is 0 Å². The van der Waals surface area contributed by atoms with Gasteiger partial charge in [0, 0.05) is 6.07 Å². The summed E-state index contributed by atoms with van der Waals surface area (Å²) in [4.78, 5) is 0. The molecule has 2 rings (SSSR count). The molecule has 0 aliphatic heterocycles. The summed E-state index contributed by atoms with van der Waals surface area (Å²) in [5, 5.41) is 12.8. The number of aromatic hydroxyl groups is 2. The maximum absolute atomic E-state index is 13.3. The third kappa shape index (κ3) is 4.88. The fourth-order valence-electron chi connectivity index (χ4n) is 1.83. The molecule has 0 aromatic heterocycles. The smallest absolute Gasteiger partial charge is 0.743 e. The summed E-state index contributed by atoms with van der Waals surface area (Å²) in [7, 11) is -6.65. The Morgan fingerprint density at radius 3 is 1.77 bits per heavy atom. The Bertz CT molecular complexity index is 867. The van der Waals surface area contributed by atoms with Crippen molar-refractivity contribution in [3.63, 3.8) is 0 Å². The van der Waals surface area contributed by atoms with Crippen molar-refractivity contribution in [2.45, 2.75) is 11.4 Å². The number of alkyl halides is 4. The van der Waals surface area contributed by atoms with Crippen molar-refractivity contribution in [3.8, 4) is 28.4 Å². The van der Waals surface area contributed by atoms with E-state index in [0.717, 1.165) is 30.3 Å². The van der Waals surface area contributed by atoms with Crippen LogP contribution in [0.5, 0.6) is 17.2 Å². The van der Waals surface area contributed by atoms with E-state index in [1.54, 1.807) is 0 Å². The van der Waals surface area contributed by atoms with E-state index in [1.807, 2.05) is 0 Å². The topological polar surface area (TPSA) is 107 Å². The normalized spacial score (nSPS) is 12.3. The standard InChI is InChI=1S/C14H10F4O6S.K/c15-13(16,14(17,18)25(21,22)23)24-12-3-1-8(2-4-12)9-5-10(19)7-11(20)6-9;/h1-7,19-20H,(H,21,22,23);/q;+1/p-1. The van der Waals surface area contributed by atoms with Gasteiger partial charge in [-0.2, -0.15) is 17.6 Å². The van der Waals surface area contributed by atoms with Gasteiger partial charge in [0.05, 0.1) is 0 Å². The zero-order chi connectivity index (χ0) is 19.0. The Hall–Kier alpha value is -0.894. The molecule has 0 atom stereocenters. The van der Waals surface area contributed by atoms with Crippen molar-refractivity contribution in [3.05, 3.63) is 42.5 Å². The Morgan fingerprint density at radius 2 is 1.35 bits per heavy atom. The summed E-state index contributed by atoms with van der Waals surface area (Å²) in [5.74, 6) is -1.38. The molecule has 12 heteroatoms. The van der Waals surface area contributed by atoms with Gasteiger partial charge >= 0.3 is 62.7 Å². The van der Waals surface area contributed by atoms with Gasteiger partial charge in [0.25, 0.3) is 0 Å². The largest absolute Gasteiger partial charge is 1.00 e. The molecule has 0 fully saturated rings. The zero-order valence-corrected chi connectivity index (χ0v) is 16.9. The summed E-state index contributed by atoms with van der Waals surface area (Å²) >= 11 is 0. The van der Waals surface area contributed by atoms with Gasteiger partial charge in [-0.15, -0.1) is 0 Å². The molecule has 0 unspecified atom stereocenters. The SMILES string of the molecule is O=S(=O)([O-])C(F)(F)C(F)(F)Oc1ccc(-c2cc(O)cc(O)c2)cc1.[K+]. The zero-order valence-electron chi connectivity index (χ0n) is 13.0. The van der Waals surface area contributed by atoms with Crippen LogP contribution in [-0.4, -0.2) is 34.5 Å². The molecule has 0 bridgehead atoms. The van der Waals surface area contributed by atoms with Gasteiger partial charge in [-0.05, 0) is 35.4 Å². The van der Waals surface area contributed by atoms with Gasteiger partial charge < -0.3 is 19.5 Å². The molecule has 0 saturated carbocycles. The Kier molecular flexibility index (Phi) is 7.12. The maximum atomic E-state index is 13.3. The van der Waals surface area contributed by atoms with Crippen LogP contribution in [-0.2, 0) is 10.1 Å². The second kappa shape index (κ2) is 8.00. The van der Waals surface area contributed by atoms with E-state index in [9.17, 15) is 40.7 Å². The Morgan fingerprint density at radius 1 is 0.885 bits per heavy atom. The van der Waals surface area contributed by atoms with Crippen LogP contribution in [0.1, 0.15) is 0 Å². The molecule has 2 N–H and O–H groups in total. The maximum Gasteiger partial charge on any atom is 1.00 e. The summed E-state index contributed by atoms with van der Waals surface area (Å²) < 4.78 is 87.1. The molecule has 0 aliphatic rings. The molecule has 26 heavy (non-hydrogen) atoms. The minimum absolute atomic E-state index is 0. The molecular weight excluding hydrogens is 411 g/mol. The van der Waals surface area contributed by atoms with Gasteiger partial charge in [-0.3, -0.25) is 0 Å². The van der Waals surface area contributed by atoms with Crippen LogP contribution in [0.2, 0.25) is 0 Å². The summed E-state index contributed by atoms with van der Waals surface area (Å²) in [6.07, 6.45) is -5.58. The van der Waals surface area contributed by atoms with E-state index in [2.05, 4.69) is 4.74 Å². The molecule has 0 heterocycles. The monoisotopic (exact) mass is 420 g/mol. The average molecular weight is 420 g/mol. The molecule has 0 amide bonds. The molecule has 0 radical (unpaired) electrons. The summed E-state index contributed by atoms with van der Waals surface area (Å²) in [5.41, 5.74) is 0.577. The number of phenolic OH excluding ortho intramolecular Hbond substituents is 2. The number of phenols is 2. The molecule has 6 nitrogen and oxygen atoms in total. The van der Waals surface area contributed by atoms with Crippen molar-refractivity contribution in [2.24, 2.45) is 0 Å². The predicted octanol–water partition coefficient (Wildman–Crippen LogP) is -0.122. The van der Waals surface area contributed by atoms with Crippen LogP contribution in [0.25, 0.3) is 11.1 Å². The van der Waals surface area contributed by atoms with E-state index in [4.69, 9.17) is 0 Å². The Labute approximate surface area is 187 Å². The van der Waals surface area contributed by atoms with E-state index in [1.165, 1.54) is 12.1 Å².